The lowest BCUT2D eigenvalue weighted by Gasteiger charge is -2.04. The Morgan fingerprint density at radius 2 is 2.11 bits per heavy atom. The first-order chi connectivity index (χ1) is 9.03. The minimum absolute atomic E-state index is 0.0687. The topological polar surface area (TPSA) is 60.5 Å². The van der Waals surface area contributed by atoms with Gasteiger partial charge in [0.15, 0.2) is 11.5 Å². The largest absolute Gasteiger partial charge is 0.586 e. The van der Waals surface area contributed by atoms with Gasteiger partial charge in [0.25, 0.3) is 5.91 Å². The number of nitrogens with one attached hydrogen (secondary N) is 1. The molecule has 2 aromatic rings. The van der Waals surface area contributed by atoms with Gasteiger partial charge in [-0.1, -0.05) is 0 Å². The molecule has 1 aromatic heterocycles. The van der Waals surface area contributed by atoms with Gasteiger partial charge >= 0.3 is 6.29 Å². The van der Waals surface area contributed by atoms with E-state index in [0.29, 0.717) is 10.6 Å². The van der Waals surface area contributed by atoms with Crippen LogP contribution < -0.4 is 14.8 Å². The summed E-state index contributed by atoms with van der Waals surface area (Å²) >= 11 is 1.18. The van der Waals surface area contributed by atoms with Crippen molar-refractivity contribution >= 4 is 22.9 Å². The van der Waals surface area contributed by atoms with E-state index in [4.69, 9.17) is 0 Å². The second-order valence-electron chi connectivity index (χ2n) is 3.65. The number of thiazole rings is 1. The highest BCUT2D eigenvalue weighted by molar-refractivity contribution is 7.11. The molecular formula is C11H6F2N2O3S. The van der Waals surface area contributed by atoms with Gasteiger partial charge in [-0.15, -0.1) is 20.1 Å². The minimum atomic E-state index is -3.66. The fraction of sp³-hybridized carbons (Fsp3) is 0.0909. The van der Waals surface area contributed by atoms with Gasteiger partial charge < -0.3 is 14.8 Å². The summed E-state index contributed by atoms with van der Waals surface area (Å²) in [6.07, 6.45) is -2.25. The summed E-state index contributed by atoms with van der Waals surface area (Å²) in [5.74, 6) is -0.555. The molecule has 3 rings (SSSR count). The quantitative estimate of drug-likeness (QED) is 0.921. The van der Waals surface area contributed by atoms with Crippen molar-refractivity contribution in [1.29, 1.82) is 0 Å². The van der Waals surface area contributed by atoms with Gasteiger partial charge in [-0.2, -0.15) is 0 Å². The molecule has 1 N–H and O–H groups in total. The highest BCUT2D eigenvalue weighted by atomic mass is 32.1. The average molecular weight is 284 g/mol. The van der Waals surface area contributed by atoms with Gasteiger partial charge in [-0.3, -0.25) is 9.78 Å². The van der Waals surface area contributed by atoms with Crippen molar-refractivity contribution in [2.45, 2.75) is 6.29 Å². The van der Waals surface area contributed by atoms with Crippen LogP contribution in [0, 0.1) is 0 Å². The van der Waals surface area contributed by atoms with Crippen molar-refractivity contribution in [2.24, 2.45) is 0 Å². The third-order valence-electron chi connectivity index (χ3n) is 2.32. The highest BCUT2D eigenvalue weighted by Crippen LogP contribution is 2.42. The number of benzene rings is 1. The molecule has 0 radical (unpaired) electrons. The first-order valence-electron chi connectivity index (χ1n) is 5.13. The fourth-order valence-corrected chi connectivity index (χ4v) is 2.06. The van der Waals surface area contributed by atoms with E-state index in [1.54, 1.807) is 0 Å². The number of nitrogens with zero attached hydrogens (tertiary/aromatic N) is 1. The third-order valence-corrected chi connectivity index (χ3v) is 3.09. The number of anilines is 1. The number of hydrogen-bond donors (Lipinski definition) is 1. The molecule has 0 bridgehead atoms. The summed E-state index contributed by atoms with van der Waals surface area (Å²) < 4.78 is 34.2. The van der Waals surface area contributed by atoms with Gasteiger partial charge in [-0.25, -0.2) is 0 Å². The zero-order valence-corrected chi connectivity index (χ0v) is 10.0. The predicted molar refractivity (Wildman–Crippen MR) is 62.7 cm³/mol. The molecule has 5 nitrogen and oxygen atoms in total. The third kappa shape index (κ3) is 2.34. The molecular weight excluding hydrogens is 278 g/mol. The first-order valence-corrected chi connectivity index (χ1v) is 6.01. The van der Waals surface area contributed by atoms with Gasteiger partial charge in [-0.05, 0) is 12.1 Å². The molecule has 0 saturated heterocycles. The number of amides is 1. The van der Waals surface area contributed by atoms with E-state index >= 15 is 0 Å². The van der Waals surface area contributed by atoms with Gasteiger partial charge in [0, 0.05) is 11.8 Å². The van der Waals surface area contributed by atoms with Crippen LogP contribution in [0.5, 0.6) is 11.5 Å². The molecule has 0 spiro atoms. The number of halogens is 2. The van der Waals surface area contributed by atoms with Crippen molar-refractivity contribution < 1.29 is 23.0 Å². The zero-order chi connectivity index (χ0) is 13.5. The number of aromatic nitrogens is 1. The van der Waals surface area contributed by atoms with Crippen molar-refractivity contribution in [3.63, 3.8) is 0 Å². The van der Waals surface area contributed by atoms with Crippen molar-refractivity contribution in [3.8, 4) is 11.5 Å². The normalized spacial score (nSPS) is 15.3. The summed E-state index contributed by atoms with van der Waals surface area (Å²) in [7, 11) is 0. The van der Waals surface area contributed by atoms with E-state index in [1.165, 1.54) is 41.2 Å². The standard InChI is InChI=1S/C11H6F2N2O3S/c12-11(13)17-7-2-1-6(3-8(7)18-11)15-10(16)9-4-14-5-19-9/h1-5H,(H,15,16). The summed E-state index contributed by atoms with van der Waals surface area (Å²) in [6, 6.07) is 4.02. The summed E-state index contributed by atoms with van der Waals surface area (Å²) in [5.41, 5.74) is 1.85. The lowest BCUT2D eigenvalue weighted by Crippen LogP contribution is -2.25. The monoisotopic (exact) mass is 284 g/mol. The maximum Gasteiger partial charge on any atom is 0.586 e. The van der Waals surface area contributed by atoms with E-state index < -0.39 is 6.29 Å². The van der Waals surface area contributed by atoms with E-state index in [2.05, 4.69) is 19.8 Å². The van der Waals surface area contributed by atoms with Gasteiger partial charge in [0.1, 0.15) is 4.88 Å². The Labute approximate surface area is 109 Å². The number of carbonyl (C=O) groups is 1. The molecule has 1 aliphatic rings. The lowest BCUT2D eigenvalue weighted by atomic mass is 10.2. The second-order valence-corrected chi connectivity index (χ2v) is 4.54. The van der Waals surface area contributed by atoms with E-state index in [1.807, 2.05) is 0 Å². The van der Waals surface area contributed by atoms with Crippen LogP contribution >= 0.6 is 11.3 Å². The molecule has 0 atom stereocenters. The average Bonchev–Trinajstić information content (AvgIpc) is 2.93. The Morgan fingerprint density at radius 3 is 2.84 bits per heavy atom. The smallest absolute Gasteiger partial charge is 0.395 e. The molecule has 98 valence electrons. The number of rotatable bonds is 2. The number of ether oxygens (including phenoxy) is 2. The Kier molecular flexibility index (Phi) is 2.59. The van der Waals surface area contributed by atoms with Crippen LogP contribution in [0.1, 0.15) is 9.67 Å². The number of carbonyl (C=O) groups excluding carboxylic acids is 1. The maximum absolute atomic E-state index is 12.8. The maximum atomic E-state index is 12.8. The van der Waals surface area contributed by atoms with E-state index in [0.717, 1.165) is 0 Å². The Morgan fingerprint density at radius 1 is 1.32 bits per heavy atom. The van der Waals surface area contributed by atoms with Gasteiger partial charge in [0.2, 0.25) is 0 Å². The number of fused-ring (bicyclic) bond motifs is 1. The molecule has 1 aliphatic heterocycles. The number of hydrogen-bond acceptors (Lipinski definition) is 5. The zero-order valence-electron chi connectivity index (χ0n) is 9.22. The van der Waals surface area contributed by atoms with Crippen molar-refractivity contribution in [3.05, 3.63) is 34.8 Å². The van der Waals surface area contributed by atoms with Crippen LogP contribution in [0.25, 0.3) is 0 Å². The van der Waals surface area contributed by atoms with Crippen LogP contribution in [0.2, 0.25) is 0 Å². The highest BCUT2D eigenvalue weighted by Gasteiger charge is 2.43. The molecule has 0 saturated carbocycles. The Balaban J connectivity index is 1.79. The molecule has 0 unspecified atom stereocenters. The lowest BCUT2D eigenvalue weighted by molar-refractivity contribution is -0.286. The van der Waals surface area contributed by atoms with E-state index in [-0.39, 0.29) is 17.4 Å². The molecule has 19 heavy (non-hydrogen) atoms. The fourth-order valence-electron chi connectivity index (χ4n) is 1.55. The van der Waals surface area contributed by atoms with E-state index in [9.17, 15) is 13.6 Å². The van der Waals surface area contributed by atoms with Crippen LogP contribution in [-0.4, -0.2) is 17.2 Å². The van der Waals surface area contributed by atoms with Crippen LogP contribution in [0.3, 0.4) is 0 Å². The first kappa shape index (κ1) is 11.8. The van der Waals surface area contributed by atoms with Crippen molar-refractivity contribution in [2.75, 3.05) is 5.32 Å². The van der Waals surface area contributed by atoms with Gasteiger partial charge in [0.05, 0.1) is 11.7 Å². The molecule has 1 aromatic carbocycles. The van der Waals surface area contributed by atoms with Crippen LogP contribution in [0.15, 0.2) is 29.9 Å². The summed E-state index contributed by atoms with van der Waals surface area (Å²) in [5, 5.41) is 2.55. The SMILES string of the molecule is O=C(Nc1ccc2c(c1)OC(F)(F)O2)c1cncs1. The van der Waals surface area contributed by atoms with Crippen molar-refractivity contribution in [1.82, 2.24) is 4.98 Å². The Bertz CT molecular complexity index is 631. The van der Waals surface area contributed by atoms with Crippen LogP contribution in [0.4, 0.5) is 14.5 Å². The Hall–Kier alpha value is -2.22. The van der Waals surface area contributed by atoms with Crippen LogP contribution in [-0.2, 0) is 0 Å². The summed E-state index contributed by atoms with van der Waals surface area (Å²) in [6.45, 7) is 0. The predicted octanol–water partition coefficient (Wildman–Crippen LogP) is 2.72. The molecule has 0 aliphatic carbocycles. The second kappa shape index (κ2) is 4.16. The molecule has 2 heterocycles. The summed E-state index contributed by atoms with van der Waals surface area (Å²) in [4.78, 5) is 15.9. The molecule has 8 heteroatoms. The number of alkyl halides is 2. The molecule has 1 amide bonds. The minimum Gasteiger partial charge on any atom is -0.395 e. The molecule has 0 fully saturated rings.